The molecule has 0 aromatic carbocycles. The fourth-order valence-electron chi connectivity index (χ4n) is 2.35. The fraction of sp³-hybridized carbons (Fsp3) is 1.00. The minimum atomic E-state index is -3.05. The molecule has 0 amide bonds. The van der Waals surface area contributed by atoms with Crippen LogP contribution in [0.5, 0.6) is 0 Å². The summed E-state index contributed by atoms with van der Waals surface area (Å²) >= 11 is 0. The normalized spacial score (nSPS) is 33.4. The van der Waals surface area contributed by atoms with E-state index in [-0.39, 0.29) is 17.5 Å². The topological polar surface area (TPSA) is 66.8 Å². The van der Waals surface area contributed by atoms with Gasteiger partial charge in [0.25, 0.3) is 0 Å². The number of ether oxygens (including phenoxy) is 1. The van der Waals surface area contributed by atoms with Crippen molar-refractivity contribution in [3.8, 4) is 0 Å². The average molecular weight is 249 g/mol. The summed E-state index contributed by atoms with van der Waals surface area (Å²) in [4.78, 5) is 2.11. The maximum absolute atomic E-state index is 11.5. The third-order valence-electron chi connectivity index (χ3n) is 3.29. The van der Waals surface area contributed by atoms with Gasteiger partial charge in [0, 0.05) is 19.7 Å². The Kier molecular flexibility index (Phi) is 3.53. The second-order valence-electron chi connectivity index (χ2n) is 4.67. The Balaban J connectivity index is 2.02. The van der Waals surface area contributed by atoms with E-state index in [1.165, 1.54) is 0 Å². The lowest BCUT2D eigenvalue weighted by Gasteiger charge is -2.29. The summed E-state index contributed by atoms with van der Waals surface area (Å²) in [5.41, 5.74) is 0. The monoisotopic (exact) mass is 249 g/mol. The summed E-state index contributed by atoms with van der Waals surface area (Å²) in [6, 6.07) is 0.218. The van der Waals surface area contributed by atoms with Crippen LogP contribution in [0.15, 0.2) is 0 Å². The number of hydrogen-bond donors (Lipinski definition) is 1. The summed E-state index contributed by atoms with van der Waals surface area (Å²) in [5, 5.41) is 9.81. The second-order valence-corrected chi connectivity index (χ2v) is 6.83. The first kappa shape index (κ1) is 12.3. The Morgan fingerprint density at radius 2 is 2.06 bits per heavy atom. The molecule has 1 aliphatic carbocycles. The quantitative estimate of drug-likeness (QED) is 0.695. The molecular formula is C10H19NO4S. The molecule has 2 rings (SSSR count). The second kappa shape index (κ2) is 4.60. The number of aliphatic hydroxyl groups is 1. The van der Waals surface area contributed by atoms with E-state index in [1.54, 1.807) is 7.11 Å². The molecule has 0 aromatic rings. The van der Waals surface area contributed by atoms with Gasteiger partial charge in [-0.1, -0.05) is 0 Å². The van der Waals surface area contributed by atoms with Crippen molar-refractivity contribution in [1.29, 1.82) is 0 Å². The van der Waals surface area contributed by atoms with Crippen LogP contribution in [0.4, 0.5) is 0 Å². The Bertz CT molecular complexity index is 339. The van der Waals surface area contributed by atoms with Crippen molar-refractivity contribution in [3.63, 3.8) is 0 Å². The average Bonchev–Trinajstić information content (AvgIpc) is 2.95. The minimum Gasteiger partial charge on any atom is -0.390 e. The molecule has 1 aliphatic heterocycles. The van der Waals surface area contributed by atoms with Crippen molar-refractivity contribution >= 4 is 9.84 Å². The summed E-state index contributed by atoms with van der Waals surface area (Å²) in [6.07, 6.45) is 1.47. The molecule has 0 aromatic heterocycles. The molecule has 2 unspecified atom stereocenters. The largest absolute Gasteiger partial charge is 0.390 e. The lowest BCUT2D eigenvalue weighted by Crippen LogP contribution is -2.46. The summed E-state index contributed by atoms with van der Waals surface area (Å²) < 4.78 is 27.9. The smallest absolute Gasteiger partial charge is 0.154 e. The van der Waals surface area contributed by atoms with Crippen LogP contribution in [0.1, 0.15) is 12.8 Å². The van der Waals surface area contributed by atoms with Crippen molar-refractivity contribution in [2.45, 2.75) is 31.0 Å². The van der Waals surface area contributed by atoms with Crippen LogP contribution >= 0.6 is 0 Å². The van der Waals surface area contributed by atoms with Crippen LogP contribution in [0.3, 0.4) is 0 Å². The summed E-state index contributed by atoms with van der Waals surface area (Å²) in [6.45, 7) is 1.29. The molecular weight excluding hydrogens is 230 g/mol. The molecule has 0 spiro atoms. The van der Waals surface area contributed by atoms with E-state index in [1.807, 2.05) is 0 Å². The molecule has 2 fully saturated rings. The third kappa shape index (κ3) is 2.74. The van der Waals surface area contributed by atoms with Gasteiger partial charge in [-0.15, -0.1) is 0 Å². The lowest BCUT2D eigenvalue weighted by atomic mass is 10.2. The molecule has 0 radical (unpaired) electrons. The summed E-state index contributed by atoms with van der Waals surface area (Å²) in [7, 11) is -1.42. The van der Waals surface area contributed by atoms with E-state index in [2.05, 4.69) is 4.90 Å². The standard InChI is InChI=1S/C10H19NO4S/c1-15-5-4-11(8-2-3-8)9-6-16(13,14)7-10(9)12/h8-10,12H,2-7H2,1H3. The van der Waals surface area contributed by atoms with Crippen LogP contribution in [-0.2, 0) is 14.6 Å². The van der Waals surface area contributed by atoms with Crippen molar-refractivity contribution in [3.05, 3.63) is 0 Å². The molecule has 5 nitrogen and oxygen atoms in total. The molecule has 16 heavy (non-hydrogen) atoms. The third-order valence-corrected chi connectivity index (χ3v) is 4.99. The Hall–Kier alpha value is -0.170. The van der Waals surface area contributed by atoms with Gasteiger partial charge < -0.3 is 9.84 Å². The van der Waals surface area contributed by atoms with Gasteiger partial charge in [0.05, 0.1) is 30.3 Å². The molecule has 1 saturated heterocycles. The van der Waals surface area contributed by atoms with E-state index >= 15 is 0 Å². The number of methoxy groups -OCH3 is 1. The first-order valence-electron chi connectivity index (χ1n) is 5.66. The van der Waals surface area contributed by atoms with E-state index in [4.69, 9.17) is 4.74 Å². The first-order chi connectivity index (χ1) is 7.53. The number of aliphatic hydroxyl groups excluding tert-OH is 1. The molecule has 1 heterocycles. The predicted molar refractivity (Wildman–Crippen MR) is 60.1 cm³/mol. The van der Waals surface area contributed by atoms with Crippen molar-refractivity contribution < 1.29 is 18.3 Å². The van der Waals surface area contributed by atoms with Gasteiger partial charge >= 0.3 is 0 Å². The molecule has 94 valence electrons. The van der Waals surface area contributed by atoms with Crippen LogP contribution in [0.2, 0.25) is 0 Å². The van der Waals surface area contributed by atoms with Crippen molar-refractivity contribution in [1.82, 2.24) is 4.90 Å². The van der Waals surface area contributed by atoms with Gasteiger partial charge in [0.2, 0.25) is 0 Å². The van der Waals surface area contributed by atoms with Crippen LogP contribution < -0.4 is 0 Å². The molecule has 1 saturated carbocycles. The highest BCUT2D eigenvalue weighted by Crippen LogP contribution is 2.31. The number of sulfone groups is 1. The predicted octanol–water partition coefficient (Wildman–Crippen LogP) is -0.745. The molecule has 2 aliphatic rings. The van der Waals surface area contributed by atoms with Crippen LogP contribution in [0, 0.1) is 0 Å². The highest BCUT2D eigenvalue weighted by Gasteiger charge is 2.44. The first-order valence-corrected chi connectivity index (χ1v) is 7.49. The zero-order chi connectivity index (χ0) is 11.8. The van der Waals surface area contributed by atoms with E-state index in [9.17, 15) is 13.5 Å². The molecule has 1 N–H and O–H groups in total. The van der Waals surface area contributed by atoms with Crippen LogP contribution in [-0.4, -0.2) is 68.4 Å². The Morgan fingerprint density at radius 3 is 2.50 bits per heavy atom. The SMILES string of the molecule is COCCN(C1CC1)C1CS(=O)(=O)CC1O. The number of hydrogen-bond acceptors (Lipinski definition) is 5. The number of nitrogens with zero attached hydrogens (tertiary/aromatic N) is 1. The van der Waals surface area contributed by atoms with Gasteiger partial charge in [0.15, 0.2) is 9.84 Å². The minimum absolute atomic E-state index is 0.0894. The fourth-order valence-corrected chi connectivity index (χ4v) is 4.16. The van der Waals surface area contributed by atoms with Gasteiger partial charge in [0.1, 0.15) is 0 Å². The Morgan fingerprint density at radius 1 is 1.38 bits per heavy atom. The van der Waals surface area contributed by atoms with Gasteiger partial charge in [-0.25, -0.2) is 8.42 Å². The zero-order valence-electron chi connectivity index (χ0n) is 9.50. The van der Waals surface area contributed by atoms with Gasteiger partial charge in [-0.3, -0.25) is 4.90 Å². The highest BCUT2D eigenvalue weighted by atomic mass is 32.2. The highest BCUT2D eigenvalue weighted by molar-refractivity contribution is 7.91. The maximum atomic E-state index is 11.5. The van der Waals surface area contributed by atoms with E-state index in [0.717, 1.165) is 12.8 Å². The zero-order valence-corrected chi connectivity index (χ0v) is 10.3. The van der Waals surface area contributed by atoms with E-state index < -0.39 is 15.9 Å². The molecule has 6 heteroatoms. The van der Waals surface area contributed by atoms with Crippen molar-refractivity contribution in [2.75, 3.05) is 31.8 Å². The summed E-state index contributed by atoms with van der Waals surface area (Å²) in [5.74, 6) is 0.00223. The number of rotatable bonds is 5. The molecule has 0 bridgehead atoms. The molecule has 2 atom stereocenters. The van der Waals surface area contributed by atoms with Gasteiger partial charge in [-0.2, -0.15) is 0 Å². The Labute approximate surface area is 96.3 Å². The maximum Gasteiger partial charge on any atom is 0.154 e. The van der Waals surface area contributed by atoms with Gasteiger partial charge in [-0.05, 0) is 12.8 Å². The van der Waals surface area contributed by atoms with Crippen LogP contribution in [0.25, 0.3) is 0 Å². The van der Waals surface area contributed by atoms with Crippen molar-refractivity contribution in [2.24, 2.45) is 0 Å². The lowest BCUT2D eigenvalue weighted by molar-refractivity contribution is 0.0568. The van der Waals surface area contributed by atoms with E-state index in [0.29, 0.717) is 19.2 Å².